The Morgan fingerprint density at radius 1 is 1.32 bits per heavy atom. The summed E-state index contributed by atoms with van der Waals surface area (Å²) in [7, 11) is 0. The van der Waals surface area contributed by atoms with E-state index < -0.39 is 11.6 Å². The minimum atomic E-state index is -0.953. The number of hydrogen-bond donors (Lipinski definition) is 2. The maximum atomic E-state index is 13.7. The molecule has 102 valence electrons. The Morgan fingerprint density at radius 2 is 2.00 bits per heavy atom. The number of aryl methyl sites for hydroxylation is 2. The van der Waals surface area contributed by atoms with Crippen LogP contribution in [0.15, 0.2) is 12.1 Å². The van der Waals surface area contributed by atoms with Gasteiger partial charge in [0, 0.05) is 4.88 Å². The molecule has 0 aliphatic heterocycles. The Labute approximate surface area is 114 Å². The summed E-state index contributed by atoms with van der Waals surface area (Å²) in [6.45, 7) is 5.66. The van der Waals surface area contributed by atoms with Gasteiger partial charge in [0.25, 0.3) is 0 Å². The molecule has 0 saturated heterocycles. The Kier molecular flexibility index (Phi) is 3.71. The lowest BCUT2D eigenvalue weighted by molar-refractivity contribution is 0.510. The summed E-state index contributed by atoms with van der Waals surface area (Å²) < 4.78 is 26.9. The number of nitrogens with zero attached hydrogens (tertiary/aromatic N) is 1. The van der Waals surface area contributed by atoms with Crippen molar-refractivity contribution in [2.75, 3.05) is 11.1 Å². The molecule has 3 nitrogen and oxygen atoms in total. The van der Waals surface area contributed by atoms with E-state index in [9.17, 15) is 8.78 Å². The number of benzene rings is 1. The van der Waals surface area contributed by atoms with Crippen LogP contribution in [0.4, 0.5) is 20.2 Å². The second-order valence-corrected chi connectivity index (χ2v) is 5.61. The summed E-state index contributed by atoms with van der Waals surface area (Å²) in [6.07, 6.45) is 0. The van der Waals surface area contributed by atoms with Gasteiger partial charge < -0.3 is 11.1 Å². The largest absolute Gasteiger partial charge is 0.397 e. The fourth-order valence-electron chi connectivity index (χ4n) is 1.94. The van der Waals surface area contributed by atoms with Crippen LogP contribution < -0.4 is 11.1 Å². The van der Waals surface area contributed by atoms with Gasteiger partial charge in [0.15, 0.2) is 11.6 Å². The van der Waals surface area contributed by atoms with Crippen molar-refractivity contribution >= 4 is 22.7 Å². The molecular formula is C13H15F2N3S. The molecule has 0 radical (unpaired) electrons. The number of halogens is 2. The number of nitrogens with two attached hydrogens (primary N) is 1. The number of thiazole rings is 1. The van der Waals surface area contributed by atoms with Crippen LogP contribution in [0.3, 0.4) is 0 Å². The van der Waals surface area contributed by atoms with Crippen molar-refractivity contribution in [2.24, 2.45) is 0 Å². The molecule has 3 N–H and O–H groups in total. The molecule has 0 bridgehead atoms. The van der Waals surface area contributed by atoms with Crippen LogP contribution in [0.2, 0.25) is 0 Å². The predicted molar refractivity (Wildman–Crippen MR) is 74.4 cm³/mol. The third-order valence-corrected chi connectivity index (χ3v) is 4.08. The van der Waals surface area contributed by atoms with E-state index in [4.69, 9.17) is 5.73 Å². The summed E-state index contributed by atoms with van der Waals surface area (Å²) >= 11 is 1.53. The van der Waals surface area contributed by atoms with Crippen molar-refractivity contribution in [3.05, 3.63) is 39.3 Å². The minimum Gasteiger partial charge on any atom is -0.397 e. The van der Waals surface area contributed by atoms with Gasteiger partial charge in [-0.3, -0.25) is 0 Å². The molecule has 6 heteroatoms. The molecule has 19 heavy (non-hydrogen) atoms. The number of nitrogen functional groups attached to an aromatic ring is 1. The number of aromatic nitrogens is 1. The maximum Gasteiger partial charge on any atom is 0.183 e. The predicted octanol–water partition coefficient (Wildman–Crippen LogP) is 3.79. The van der Waals surface area contributed by atoms with Crippen molar-refractivity contribution < 1.29 is 8.78 Å². The van der Waals surface area contributed by atoms with Crippen LogP contribution >= 0.6 is 11.3 Å². The van der Waals surface area contributed by atoms with Gasteiger partial charge in [-0.05, 0) is 32.9 Å². The number of hydrogen-bond acceptors (Lipinski definition) is 4. The van der Waals surface area contributed by atoms with E-state index in [2.05, 4.69) is 10.3 Å². The van der Waals surface area contributed by atoms with Gasteiger partial charge in [-0.1, -0.05) is 0 Å². The van der Waals surface area contributed by atoms with Crippen LogP contribution in [-0.4, -0.2) is 4.98 Å². The second kappa shape index (κ2) is 5.13. The first-order valence-electron chi connectivity index (χ1n) is 5.84. The molecule has 0 aliphatic rings. The van der Waals surface area contributed by atoms with Crippen LogP contribution in [0.25, 0.3) is 0 Å². The van der Waals surface area contributed by atoms with E-state index in [-0.39, 0.29) is 17.4 Å². The standard InChI is InChI=1S/C13H15F2N3S/c1-6-13(19-8(3)17-6)7(2)18-12-10(16)5-4-9(14)11(12)15/h4-5,7,18H,16H2,1-3H3. The highest BCUT2D eigenvalue weighted by atomic mass is 32.1. The highest BCUT2D eigenvalue weighted by Crippen LogP contribution is 2.31. The van der Waals surface area contributed by atoms with Gasteiger partial charge in [-0.25, -0.2) is 13.8 Å². The molecule has 0 spiro atoms. The van der Waals surface area contributed by atoms with Crippen molar-refractivity contribution in [1.29, 1.82) is 0 Å². The van der Waals surface area contributed by atoms with Crippen molar-refractivity contribution in [1.82, 2.24) is 4.98 Å². The monoisotopic (exact) mass is 283 g/mol. The summed E-state index contributed by atoms with van der Waals surface area (Å²) in [5.74, 6) is -1.87. The Hall–Kier alpha value is -1.69. The zero-order valence-corrected chi connectivity index (χ0v) is 11.7. The van der Waals surface area contributed by atoms with Gasteiger partial charge in [-0.15, -0.1) is 11.3 Å². The number of nitrogens with one attached hydrogen (secondary N) is 1. The molecule has 0 fully saturated rings. The van der Waals surface area contributed by atoms with Gasteiger partial charge in [0.05, 0.1) is 28.1 Å². The van der Waals surface area contributed by atoms with Crippen LogP contribution in [0, 0.1) is 25.5 Å². The molecule has 0 amide bonds. The first kappa shape index (κ1) is 13.7. The van der Waals surface area contributed by atoms with Crippen molar-refractivity contribution in [2.45, 2.75) is 26.8 Å². The second-order valence-electron chi connectivity index (χ2n) is 4.37. The zero-order chi connectivity index (χ0) is 14.2. The highest BCUT2D eigenvalue weighted by molar-refractivity contribution is 7.11. The lowest BCUT2D eigenvalue weighted by Crippen LogP contribution is -2.10. The Bertz CT molecular complexity index is 610. The minimum absolute atomic E-state index is 0.00190. The number of anilines is 2. The molecule has 2 rings (SSSR count). The third kappa shape index (κ3) is 2.68. The van der Waals surface area contributed by atoms with Gasteiger partial charge in [0.1, 0.15) is 0 Å². The average Bonchev–Trinajstić information content (AvgIpc) is 2.69. The summed E-state index contributed by atoms with van der Waals surface area (Å²) in [6, 6.07) is 2.17. The molecular weight excluding hydrogens is 268 g/mol. The van der Waals surface area contributed by atoms with E-state index in [0.29, 0.717) is 0 Å². The third-order valence-electron chi connectivity index (χ3n) is 2.82. The van der Waals surface area contributed by atoms with E-state index in [0.717, 1.165) is 21.6 Å². The van der Waals surface area contributed by atoms with Crippen molar-refractivity contribution in [3.8, 4) is 0 Å². The highest BCUT2D eigenvalue weighted by Gasteiger charge is 2.17. The van der Waals surface area contributed by atoms with E-state index in [1.165, 1.54) is 17.4 Å². The molecule has 1 unspecified atom stereocenters. The lowest BCUT2D eigenvalue weighted by Gasteiger charge is -2.17. The fraction of sp³-hybridized carbons (Fsp3) is 0.308. The summed E-state index contributed by atoms with van der Waals surface area (Å²) in [5.41, 5.74) is 6.75. The molecule has 0 aliphatic carbocycles. The lowest BCUT2D eigenvalue weighted by atomic mass is 10.2. The molecule has 2 aromatic rings. The molecule has 1 heterocycles. The number of rotatable bonds is 3. The zero-order valence-electron chi connectivity index (χ0n) is 10.9. The molecule has 1 atom stereocenters. The smallest absolute Gasteiger partial charge is 0.183 e. The first-order chi connectivity index (χ1) is 8.90. The summed E-state index contributed by atoms with van der Waals surface area (Å²) in [5, 5.41) is 3.86. The molecule has 1 aromatic heterocycles. The maximum absolute atomic E-state index is 13.7. The van der Waals surface area contributed by atoms with Crippen LogP contribution in [-0.2, 0) is 0 Å². The average molecular weight is 283 g/mol. The quantitative estimate of drug-likeness (QED) is 0.843. The van der Waals surface area contributed by atoms with Gasteiger partial charge in [-0.2, -0.15) is 0 Å². The SMILES string of the molecule is Cc1nc(C)c(C(C)Nc2c(N)ccc(F)c2F)s1. The van der Waals surface area contributed by atoms with E-state index >= 15 is 0 Å². The van der Waals surface area contributed by atoms with E-state index in [1.54, 1.807) is 0 Å². The van der Waals surface area contributed by atoms with Gasteiger partial charge >= 0.3 is 0 Å². The normalized spacial score (nSPS) is 12.5. The van der Waals surface area contributed by atoms with E-state index in [1.807, 2.05) is 20.8 Å². The van der Waals surface area contributed by atoms with Gasteiger partial charge in [0.2, 0.25) is 0 Å². The topological polar surface area (TPSA) is 50.9 Å². The Morgan fingerprint density at radius 3 is 2.58 bits per heavy atom. The Balaban J connectivity index is 2.31. The van der Waals surface area contributed by atoms with Crippen molar-refractivity contribution in [3.63, 3.8) is 0 Å². The van der Waals surface area contributed by atoms with Crippen LogP contribution in [0.1, 0.15) is 28.5 Å². The molecule has 1 aromatic carbocycles. The first-order valence-corrected chi connectivity index (χ1v) is 6.65. The molecule has 0 saturated carbocycles. The summed E-state index contributed by atoms with van der Waals surface area (Å²) in [4.78, 5) is 5.30. The van der Waals surface area contributed by atoms with Crippen LogP contribution in [0.5, 0.6) is 0 Å². The fourth-order valence-corrected chi connectivity index (χ4v) is 2.87.